The van der Waals surface area contributed by atoms with Crippen molar-refractivity contribution in [2.24, 2.45) is 0 Å². The lowest BCUT2D eigenvalue weighted by Gasteiger charge is -2.09. The molecule has 0 fully saturated rings. The number of aliphatic hydroxyl groups is 1. The Bertz CT molecular complexity index is 383. The second-order valence-electron chi connectivity index (χ2n) is 5.08. The molecule has 0 amide bonds. The number of methoxy groups -OCH3 is 1. The Hall–Kier alpha value is -1.35. The molecule has 7 nitrogen and oxygen atoms in total. The van der Waals surface area contributed by atoms with Crippen molar-refractivity contribution in [1.82, 2.24) is 4.90 Å². The van der Waals surface area contributed by atoms with Gasteiger partial charge >= 0.3 is 11.9 Å². The predicted octanol–water partition coefficient (Wildman–Crippen LogP) is 1.33. The highest BCUT2D eigenvalue weighted by atomic mass is 32.1. The fraction of sp³-hybridized carbons (Fsp3) is 0.647. The molecule has 1 N–H and O–H groups in total. The Morgan fingerprint density at radius 1 is 1.00 bits per heavy atom. The number of aliphatic hydroxyl groups excluding tert-OH is 1. The molecule has 0 saturated carbocycles. The molecule has 0 atom stereocenters. The zero-order valence-electron chi connectivity index (χ0n) is 16.0. The van der Waals surface area contributed by atoms with Gasteiger partial charge in [0.1, 0.15) is 13.2 Å². The molecular weight excluding hydrogens is 346 g/mol. The summed E-state index contributed by atoms with van der Waals surface area (Å²) in [6, 6.07) is 0. The number of hydrogen-bond acceptors (Lipinski definition) is 8. The van der Waals surface area contributed by atoms with Gasteiger partial charge in [-0.2, -0.15) is 12.6 Å². The lowest BCUT2D eigenvalue weighted by Crippen LogP contribution is -2.20. The van der Waals surface area contributed by atoms with Crippen LogP contribution in [-0.4, -0.2) is 81.9 Å². The summed E-state index contributed by atoms with van der Waals surface area (Å²) >= 11 is 3.67. The van der Waals surface area contributed by atoms with Gasteiger partial charge in [0.05, 0.1) is 13.2 Å². The number of ether oxygens (including phenoxy) is 3. The molecular formula is C17H33NO6S. The van der Waals surface area contributed by atoms with Crippen LogP contribution in [0, 0.1) is 0 Å². The number of likely N-dealkylation sites (N-methyl/N-ethyl adjacent to an activating group) is 1. The lowest BCUT2D eigenvalue weighted by atomic mass is 10.4. The number of carbonyl (C=O) groups excluding carboxylic acids is 2. The Kier molecular flexibility index (Phi) is 23.6. The van der Waals surface area contributed by atoms with Crippen LogP contribution in [0.3, 0.4) is 0 Å². The van der Waals surface area contributed by atoms with E-state index in [1.54, 1.807) is 21.0 Å². The van der Waals surface area contributed by atoms with Gasteiger partial charge in [0, 0.05) is 30.6 Å². The maximum Gasteiger partial charge on any atom is 0.333 e. The van der Waals surface area contributed by atoms with Gasteiger partial charge in [0.25, 0.3) is 0 Å². The highest BCUT2D eigenvalue weighted by Gasteiger charge is 2.02. The topological polar surface area (TPSA) is 85.3 Å². The van der Waals surface area contributed by atoms with E-state index in [4.69, 9.17) is 9.84 Å². The summed E-state index contributed by atoms with van der Waals surface area (Å²) in [6.07, 6.45) is 0. The second kappa shape index (κ2) is 20.7. The molecule has 0 spiro atoms. The van der Waals surface area contributed by atoms with E-state index in [9.17, 15) is 9.59 Å². The van der Waals surface area contributed by atoms with Crippen molar-refractivity contribution in [3.63, 3.8) is 0 Å². The number of hydrogen-bond donors (Lipinski definition) is 2. The molecule has 25 heavy (non-hydrogen) atoms. The van der Waals surface area contributed by atoms with E-state index in [1.165, 1.54) is 0 Å². The van der Waals surface area contributed by atoms with Crippen LogP contribution in [0.4, 0.5) is 0 Å². The molecule has 0 saturated heterocycles. The van der Waals surface area contributed by atoms with E-state index in [2.05, 4.69) is 35.3 Å². The van der Waals surface area contributed by atoms with Gasteiger partial charge in [0.15, 0.2) is 0 Å². The first-order valence-electron chi connectivity index (χ1n) is 7.64. The minimum atomic E-state index is -0.364. The van der Waals surface area contributed by atoms with Crippen LogP contribution in [0.5, 0.6) is 0 Å². The van der Waals surface area contributed by atoms with E-state index < -0.39 is 0 Å². The number of carbonyl (C=O) groups is 2. The summed E-state index contributed by atoms with van der Waals surface area (Å²) in [5.74, 6) is -0.107. The van der Waals surface area contributed by atoms with E-state index >= 15 is 0 Å². The summed E-state index contributed by atoms with van der Waals surface area (Å²) in [6.45, 7) is 12.2. The quantitative estimate of drug-likeness (QED) is 0.270. The summed E-state index contributed by atoms with van der Waals surface area (Å²) in [5, 5.41) is 7.80. The summed E-state index contributed by atoms with van der Waals surface area (Å²) in [7, 11) is 5.40. The van der Waals surface area contributed by atoms with Crippen molar-refractivity contribution >= 4 is 24.6 Å². The molecule has 148 valence electrons. The van der Waals surface area contributed by atoms with Crippen LogP contribution in [0.1, 0.15) is 13.8 Å². The minimum Gasteiger partial charge on any atom is -0.461 e. The fourth-order valence-electron chi connectivity index (χ4n) is 0.785. The van der Waals surface area contributed by atoms with Crippen LogP contribution in [0.2, 0.25) is 0 Å². The van der Waals surface area contributed by atoms with Crippen molar-refractivity contribution < 1.29 is 28.9 Å². The fourth-order valence-corrected chi connectivity index (χ4v) is 0.785. The first kappa shape index (κ1) is 28.5. The van der Waals surface area contributed by atoms with Gasteiger partial charge in [-0.15, -0.1) is 0 Å². The van der Waals surface area contributed by atoms with Gasteiger partial charge in [0.2, 0.25) is 0 Å². The molecule has 0 rings (SSSR count). The van der Waals surface area contributed by atoms with Crippen molar-refractivity contribution in [2.75, 3.05) is 59.9 Å². The van der Waals surface area contributed by atoms with Crippen molar-refractivity contribution in [1.29, 1.82) is 0 Å². The van der Waals surface area contributed by atoms with Gasteiger partial charge in [-0.25, -0.2) is 9.59 Å². The molecule has 0 unspecified atom stereocenters. The SMILES string of the molecule is C=C(C)C(=O)OCCN(C)C.C=C(C)C(=O)OCCOC.OCCS. The highest BCUT2D eigenvalue weighted by molar-refractivity contribution is 7.80. The molecule has 0 aliphatic carbocycles. The van der Waals surface area contributed by atoms with Crippen LogP contribution >= 0.6 is 12.6 Å². The third kappa shape index (κ3) is 27.8. The number of thiol groups is 1. The standard InChI is InChI=1S/C8H15NO2.C7H12O3.C2H6OS/c1-7(2)8(10)11-6-5-9(3)4;1-6(2)7(8)10-5-4-9-3;3-1-2-4/h1,5-6H2,2-4H3;1,4-5H2,2-3H3;3-4H,1-2H2. The summed E-state index contributed by atoms with van der Waals surface area (Å²) in [4.78, 5) is 23.4. The second-order valence-corrected chi connectivity index (χ2v) is 5.52. The Labute approximate surface area is 157 Å². The predicted molar refractivity (Wildman–Crippen MR) is 103 cm³/mol. The van der Waals surface area contributed by atoms with Gasteiger partial charge in [-0.3, -0.25) is 0 Å². The molecule has 0 heterocycles. The average molecular weight is 380 g/mol. The molecule has 0 aliphatic rings. The molecule has 8 heteroatoms. The molecule has 0 bridgehead atoms. The average Bonchev–Trinajstić information content (AvgIpc) is 2.55. The third-order valence-electron chi connectivity index (χ3n) is 2.09. The van der Waals surface area contributed by atoms with Crippen molar-refractivity contribution in [3.05, 3.63) is 24.3 Å². The van der Waals surface area contributed by atoms with Gasteiger partial charge in [-0.05, 0) is 27.9 Å². The van der Waals surface area contributed by atoms with Gasteiger partial charge < -0.3 is 24.2 Å². The zero-order chi connectivity index (χ0) is 20.3. The number of esters is 2. The zero-order valence-corrected chi connectivity index (χ0v) is 16.9. The smallest absolute Gasteiger partial charge is 0.333 e. The molecule has 0 aromatic carbocycles. The maximum atomic E-state index is 10.8. The summed E-state index contributed by atoms with van der Waals surface area (Å²) in [5.41, 5.74) is 0.861. The third-order valence-corrected chi connectivity index (χ3v) is 2.29. The summed E-state index contributed by atoms with van der Waals surface area (Å²) < 4.78 is 14.2. The molecule has 0 aliphatic heterocycles. The Morgan fingerprint density at radius 3 is 1.68 bits per heavy atom. The first-order chi connectivity index (χ1) is 11.6. The van der Waals surface area contributed by atoms with Crippen LogP contribution < -0.4 is 0 Å². The maximum absolute atomic E-state index is 10.8. The normalized spacial score (nSPS) is 9.12. The van der Waals surface area contributed by atoms with Crippen molar-refractivity contribution in [3.8, 4) is 0 Å². The van der Waals surface area contributed by atoms with E-state index in [0.29, 0.717) is 36.7 Å². The van der Waals surface area contributed by atoms with Crippen LogP contribution in [-0.2, 0) is 23.8 Å². The molecule has 0 aromatic heterocycles. The number of rotatable bonds is 9. The molecule has 0 aromatic rings. The first-order valence-corrected chi connectivity index (χ1v) is 8.27. The van der Waals surface area contributed by atoms with Crippen LogP contribution in [0.25, 0.3) is 0 Å². The lowest BCUT2D eigenvalue weighted by molar-refractivity contribution is -0.140. The van der Waals surface area contributed by atoms with E-state index in [0.717, 1.165) is 6.54 Å². The highest BCUT2D eigenvalue weighted by Crippen LogP contribution is 1.91. The van der Waals surface area contributed by atoms with Crippen LogP contribution in [0.15, 0.2) is 24.3 Å². The molecule has 0 radical (unpaired) electrons. The Morgan fingerprint density at radius 2 is 1.40 bits per heavy atom. The van der Waals surface area contributed by atoms with Gasteiger partial charge in [-0.1, -0.05) is 13.2 Å². The monoisotopic (exact) mass is 379 g/mol. The largest absolute Gasteiger partial charge is 0.461 e. The Balaban J connectivity index is -0.000000321. The minimum absolute atomic E-state index is 0.184. The van der Waals surface area contributed by atoms with E-state index in [-0.39, 0.29) is 18.5 Å². The number of nitrogens with zero attached hydrogens (tertiary/aromatic N) is 1. The van der Waals surface area contributed by atoms with Crippen molar-refractivity contribution in [2.45, 2.75) is 13.8 Å². The van der Waals surface area contributed by atoms with E-state index in [1.807, 2.05) is 19.0 Å².